The van der Waals surface area contributed by atoms with Gasteiger partial charge in [-0.05, 0) is 31.0 Å². The van der Waals surface area contributed by atoms with Crippen LogP contribution in [-0.4, -0.2) is 14.5 Å². The van der Waals surface area contributed by atoms with Crippen molar-refractivity contribution in [2.45, 2.75) is 25.1 Å². The standard InChI is InChI=1S/C17H12F3N3O/c18-17(19,20)12-4-2-1-3-11(12)13-7-8-14-15(22-13)16(24)23(9-21-14)10-5-6-10/h1-4,7-10H,5-6H2. The first kappa shape index (κ1) is 14.9. The largest absolute Gasteiger partial charge is 0.417 e. The Kier molecular flexibility index (Phi) is 3.19. The molecule has 3 aromatic rings. The molecular weight excluding hydrogens is 319 g/mol. The first-order valence-electron chi connectivity index (χ1n) is 7.49. The topological polar surface area (TPSA) is 47.8 Å². The fraction of sp³-hybridized carbons (Fsp3) is 0.235. The number of hydrogen-bond acceptors (Lipinski definition) is 3. The molecule has 0 bridgehead atoms. The van der Waals surface area contributed by atoms with Gasteiger partial charge in [-0.1, -0.05) is 18.2 Å². The van der Waals surface area contributed by atoms with E-state index in [1.807, 2.05) is 0 Å². The molecule has 0 atom stereocenters. The third-order valence-electron chi connectivity index (χ3n) is 4.08. The van der Waals surface area contributed by atoms with Crippen LogP contribution < -0.4 is 5.56 Å². The van der Waals surface area contributed by atoms with E-state index < -0.39 is 11.7 Å². The number of alkyl halides is 3. The van der Waals surface area contributed by atoms with E-state index in [1.165, 1.54) is 41.2 Å². The molecular formula is C17H12F3N3O. The number of fused-ring (bicyclic) bond motifs is 1. The molecule has 1 saturated carbocycles. The quantitative estimate of drug-likeness (QED) is 0.717. The van der Waals surface area contributed by atoms with Crippen molar-refractivity contribution in [2.75, 3.05) is 0 Å². The van der Waals surface area contributed by atoms with Crippen LogP contribution in [0, 0.1) is 0 Å². The number of aromatic nitrogens is 3. The van der Waals surface area contributed by atoms with Crippen molar-refractivity contribution >= 4 is 11.0 Å². The summed E-state index contributed by atoms with van der Waals surface area (Å²) >= 11 is 0. The average molecular weight is 331 g/mol. The van der Waals surface area contributed by atoms with Crippen LogP contribution in [-0.2, 0) is 6.18 Å². The van der Waals surface area contributed by atoms with E-state index in [0.29, 0.717) is 5.52 Å². The van der Waals surface area contributed by atoms with Crippen LogP contribution in [0.25, 0.3) is 22.3 Å². The molecule has 2 aromatic heterocycles. The highest BCUT2D eigenvalue weighted by atomic mass is 19.4. The average Bonchev–Trinajstić information content (AvgIpc) is 3.39. The van der Waals surface area contributed by atoms with Gasteiger partial charge < -0.3 is 0 Å². The molecule has 4 rings (SSSR count). The maximum Gasteiger partial charge on any atom is 0.417 e. The Morgan fingerprint density at radius 3 is 2.54 bits per heavy atom. The summed E-state index contributed by atoms with van der Waals surface area (Å²) in [6.07, 6.45) is -1.20. The van der Waals surface area contributed by atoms with Crippen molar-refractivity contribution in [3.63, 3.8) is 0 Å². The maximum absolute atomic E-state index is 13.2. The summed E-state index contributed by atoms with van der Waals surface area (Å²) in [6, 6.07) is 8.32. The Labute approximate surface area is 134 Å². The summed E-state index contributed by atoms with van der Waals surface area (Å²) in [5, 5.41) is 0. The summed E-state index contributed by atoms with van der Waals surface area (Å²) in [5.74, 6) is 0. The molecule has 2 heterocycles. The zero-order valence-corrected chi connectivity index (χ0v) is 12.4. The van der Waals surface area contributed by atoms with Gasteiger partial charge in [0.25, 0.3) is 5.56 Å². The Morgan fingerprint density at radius 1 is 1.08 bits per heavy atom. The number of halogens is 3. The lowest BCUT2D eigenvalue weighted by Gasteiger charge is -2.12. The minimum absolute atomic E-state index is 0.0480. The summed E-state index contributed by atoms with van der Waals surface area (Å²) in [4.78, 5) is 20.9. The zero-order chi connectivity index (χ0) is 16.9. The molecule has 0 saturated heterocycles. The van der Waals surface area contributed by atoms with Crippen LogP contribution in [0.1, 0.15) is 24.4 Å². The van der Waals surface area contributed by atoms with Crippen molar-refractivity contribution in [1.29, 1.82) is 0 Å². The van der Waals surface area contributed by atoms with E-state index in [2.05, 4.69) is 9.97 Å². The third kappa shape index (κ3) is 2.46. The lowest BCUT2D eigenvalue weighted by atomic mass is 10.0. The van der Waals surface area contributed by atoms with Crippen molar-refractivity contribution in [1.82, 2.24) is 14.5 Å². The highest BCUT2D eigenvalue weighted by molar-refractivity contribution is 5.78. The van der Waals surface area contributed by atoms with E-state index in [1.54, 1.807) is 0 Å². The molecule has 0 amide bonds. The van der Waals surface area contributed by atoms with Gasteiger partial charge in [0, 0.05) is 11.6 Å². The number of pyridine rings is 1. The number of rotatable bonds is 2. The molecule has 0 radical (unpaired) electrons. The second-order valence-electron chi connectivity index (χ2n) is 5.80. The minimum Gasteiger partial charge on any atom is -0.294 e. The molecule has 0 spiro atoms. The summed E-state index contributed by atoms with van der Waals surface area (Å²) < 4.78 is 41.1. The smallest absolute Gasteiger partial charge is 0.294 e. The molecule has 1 aliphatic rings. The highest BCUT2D eigenvalue weighted by Gasteiger charge is 2.33. The van der Waals surface area contributed by atoms with Gasteiger partial charge in [0.05, 0.1) is 23.1 Å². The highest BCUT2D eigenvalue weighted by Crippen LogP contribution is 2.36. The van der Waals surface area contributed by atoms with Gasteiger partial charge in [-0.2, -0.15) is 13.2 Å². The first-order chi connectivity index (χ1) is 11.4. The van der Waals surface area contributed by atoms with Crippen molar-refractivity contribution in [3.8, 4) is 11.3 Å². The number of hydrogen-bond donors (Lipinski definition) is 0. The van der Waals surface area contributed by atoms with E-state index in [0.717, 1.165) is 18.9 Å². The molecule has 24 heavy (non-hydrogen) atoms. The van der Waals surface area contributed by atoms with E-state index in [-0.39, 0.29) is 28.4 Å². The van der Waals surface area contributed by atoms with Gasteiger partial charge >= 0.3 is 6.18 Å². The fourth-order valence-corrected chi connectivity index (χ4v) is 2.73. The van der Waals surface area contributed by atoms with Crippen molar-refractivity contribution < 1.29 is 13.2 Å². The van der Waals surface area contributed by atoms with Gasteiger partial charge in [0.15, 0.2) is 5.52 Å². The lowest BCUT2D eigenvalue weighted by molar-refractivity contribution is -0.137. The predicted molar refractivity (Wildman–Crippen MR) is 82.5 cm³/mol. The van der Waals surface area contributed by atoms with Crippen molar-refractivity contribution in [2.24, 2.45) is 0 Å². The molecule has 0 unspecified atom stereocenters. The summed E-state index contributed by atoms with van der Waals surface area (Å²) in [7, 11) is 0. The van der Waals surface area contributed by atoms with Gasteiger partial charge in [-0.3, -0.25) is 9.36 Å². The third-order valence-corrected chi connectivity index (χ3v) is 4.08. The zero-order valence-electron chi connectivity index (χ0n) is 12.4. The number of nitrogens with zero attached hydrogens (tertiary/aromatic N) is 3. The summed E-state index contributed by atoms with van der Waals surface area (Å²) in [6.45, 7) is 0. The monoisotopic (exact) mass is 331 g/mol. The summed E-state index contributed by atoms with van der Waals surface area (Å²) in [5.41, 5.74) is -0.544. The maximum atomic E-state index is 13.2. The van der Waals surface area contributed by atoms with Gasteiger partial charge in [-0.25, -0.2) is 9.97 Å². The molecule has 0 N–H and O–H groups in total. The van der Waals surface area contributed by atoms with Crippen LogP contribution in [0.5, 0.6) is 0 Å². The van der Waals surface area contributed by atoms with Crippen LogP contribution >= 0.6 is 0 Å². The van der Waals surface area contributed by atoms with Gasteiger partial charge in [0.1, 0.15) is 0 Å². The van der Waals surface area contributed by atoms with Crippen molar-refractivity contribution in [3.05, 3.63) is 58.6 Å². The van der Waals surface area contributed by atoms with Crippen LogP contribution in [0.3, 0.4) is 0 Å². The predicted octanol–water partition coefficient (Wildman–Crippen LogP) is 3.81. The lowest BCUT2D eigenvalue weighted by Crippen LogP contribution is -2.20. The van der Waals surface area contributed by atoms with Crippen LogP contribution in [0.4, 0.5) is 13.2 Å². The molecule has 4 nitrogen and oxygen atoms in total. The van der Waals surface area contributed by atoms with Crippen LogP contribution in [0.15, 0.2) is 47.5 Å². The van der Waals surface area contributed by atoms with E-state index >= 15 is 0 Å². The normalized spacial score (nSPS) is 15.0. The molecule has 0 aliphatic heterocycles. The van der Waals surface area contributed by atoms with E-state index in [4.69, 9.17) is 0 Å². The molecule has 1 fully saturated rings. The van der Waals surface area contributed by atoms with E-state index in [9.17, 15) is 18.0 Å². The van der Waals surface area contributed by atoms with Gasteiger partial charge in [0.2, 0.25) is 0 Å². The minimum atomic E-state index is -4.49. The number of benzene rings is 1. The Balaban J connectivity index is 1.93. The molecule has 1 aliphatic carbocycles. The Hall–Kier alpha value is -2.70. The molecule has 122 valence electrons. The van der Waals surface area contributed by atoms with Crippen LogP contribution in [0.2, 0.25) is 0 Å². The Bertz CT molecular complexity index is 990. The van der Waals surface area contributed by atoms with Gasteiger partial charge in [-0.15, -0.1) is 0 Å². The SMILES string of the molecule is O=c1c2nc(-c3ccccc3C(F)(F)F)ccc2ncn1C1CC1. The molecule has 7 heteroatoms. The molecule has 1 aromatic carbocycles. The first-order valence-corrected chi connectivity index (χ1v) is 7.49. The second-order valence-corrected chi connectivity index (χ2v) is 5.80. The second kappa shape index (κ2) is 5.15. The Morgan fingerprint density at radius 2 is 1.83 bits per heavy atom. The fourth-order valence-electron chi connectivity index (χ4n) is 2.73.